The van der Waals surface area contributed by atoms with Crippen molar-refractivity contribution in [3.8, 4) is 22.8 Å². The lowest BCUT2D eigenvalue weighted by Crippen LogP contribution is -2.20. The number of anilines is 1. The van der Waals surface area contributed by atoms with Crippen LogP contribution in [-0.4, -0.2) is 29.4 Å². The van der Waals surface area contributed by atoms with Crippen molar-refractivity contribution < 1.29 is 18.9 Å². The Balaban J connectivity index is 1.67. The van der Waals surface area contributed by atoms with Gasteiger partial charge in [0.1, 0.15) is 11.5 Å². The molecule has 1 N–H and O–H groups in total. The summed E-state index contributed by atoms with van der Waals surface area (Å²) in [5.74, 6) is 1.26. The van der Waals surface area contributed by atoms with Crippen LogP contribution in [-0.2, 0) is 4.79 Å². The quantitative estimate of drug-likeness (QED) is 0.602. The Hall–Kier alpha value is -2.87. The van der Waals surface area contributed by atoms with E-state index in [2.05, 4.69) is 31.6 Å². The smallest absolute Gasteiger partial charge is 0.263 e. The minimum atomic E-state index is -0.363. The van der Waals surface area contributed by atoms with E-state index in [1.807, 2.05) is 44.2 Å². The van der Waals surface area contributed by atoms with Gasteiger partial charge < -0.3 is 14.8 Å². The summed E-state index contributed by atoms with van der Waals surface area (Å²) in [6.45, 7) is 4.30. The number of aryl methyl sites for hydroxylation is 1. The number of carbonyl (C=O) groups is 1. The number of nitrogens with one attached hydrogen (secondary N) is 1. The van der Waals surface area contributed by atoms with E-state index in [0.717, 1.165) is 21.3 Å². The highest BCUT2D eigenvalue weighted by Gasteiger charge is 2.16. The second kappa shape index (κ2) is 8.68. The van der Waals surface area contributed by atoms with Crippen LogP contribution in [0.3, 0.4) is 0 Å². The summed E-state index contributed by atoms with van der Waals surface area (Å²) < 4.78 is 16.7. The molecule has 2 aromatic carbocycles. The number of aromatic nitrogens is 2. The first-order valence-electron chi connectivity index (χ1n) is 8.31. The van der Waals surface area contributed by atoms with E-state index in [9.17, 15) is 4.79 Å². The topological polar surface area (TPSA) is 86.5 Å². The van der Waals surface area contributed by atoms with E-state index in [-0.39, 0.29) is 18.3 Å². The van der Waals surface area contributed by atoms with Gasteiger partial charge in [0.25, 0.3) is 5.91 Å². The predicted octanol–water partition coefficient (Wildman–Crippen LogP) is 4.22. The molecule has 7 nitrogen and oxygen atoms in total. The lowest BCUT2D eigenvalue weighted by Gasteiger charge is -2.09. The maximum Gasteiger partial charge on any atom is 0.263 e. The van der Waals surface area contributed by atoms with Crippen LogP contribution in [0, 0.1) is 6.92 Å². The number of amides is 1. The van der Waals surface area contributed by atoms with Crippen molar-refractivity contribution in [2.24, 2.45) is 0 Å². The third kappa shape index (κ3) is 4.85. The molecule has 0 bridgehead atoms. The van der Waals surface area contributed by atoms with Gasteiger partial charge in [-0.25, -0.2) is 4.63 Å². The molecule has 8 heteroatoms. The monoisotopic (exact) mass is 431 g/mol. The Bertz CT molecular complexity index is 925. The Morgan fingerprint density at radius 2 is 1.93 bits per heavy atom. The first-order chi connectivity index (χ1) is 13.1. The molecular formula is C19H18BrN3O4. The third-order valence-corrected chi connectivity index (χ3v) is 4.21. The molecule has 27 heavy (non-hydrogen) atoms. The van der Waals surface area contributed by atoms with Crippen molar-refractivity contribution in [3.63, 3.8) is 0 Å². The summed E-state index contributed by atoms with van der Waals surface area (Å²) in [7, 11) is 0. The lowest BCUT2D eigenvalue weighted by atomic mass is 10.1. The molecule has 1 aromatic heterocycles. The van der Waals surface area contributed by atoms with Crippen molar-refractivity contribution in [2.75, 3.05) is 18.5 Å². The number of hydrogen-bond acceptors (Lipinski definition) is 6. The molecule has 0 unspecified atom stereocenters. The summed E-state index contributed by atoms with van der Waals surface area (Å²) >= 11 is 3.35. The number of hydrogen-bond donors (Lipinski definition) is 1. The van der Waals surface area contributed by atoms with Gasteiger partial charge in [0.15, 0.2) is 12.3 Å². The van der Waals surface area contributed by atoms with Crippen molar-refractivity contribution in [2.45, 2.75) is 13.8 Å². The lowest BCUT2D eigenvalue weighted by molar-refractivity contribution is -0.118. The van der Waals surface area contributed by atoms with Gasteiger partial charge in [-0.3, -0.25) is 4.79 Å². The number of nitrogens with zero attached hydrogens (tertiary/aromatic N) is 2. The third-order valence-electron chi connectivity index (χ3n) is 3.68. The Morgan fingerprint density at radius 3 is 2.63 bits per heavy atom. The molecule has 0 saturated heterocycles. The fraction of sp³-hybridized carbons (Fsp3) is 0.211. The largest absolute Gasteiger partial charge is 0.494 e. The van der Waals surface area contributed by atoms with Crippen molar-refractivity contribution in [3.05, 3.63) is 52.5 Å². The molecule has 1 amide bonds. The molecule has 0 fully saturated rings. The fourth-order valence-corrected chi connectivity index (χ4v) is 2.69. The van der Waals surface area contributed by atoms with Gasteiger partial charge in [0.2, 0.25) is 5.82 Å². The summed E-state index contributed by atoms with van der Waals surface area (Å²) in [4.78, 5) is 12.2. The van der Waals surface area contributed by atoms with Gasteiger partial charge in [0, 0.05) is 10.0 Å². The number of carbonyl (C=O) groups excluding carboxylic acids is 1. The highest BCUT2D eigenvalue weighted by Crippen LogP contribution is 2.29. The molecule has 0 aliphatic heterocycles. The summed E-state index contributed by atoms with van der Waals surface area (Å²) in [6, 6.07) is 12.8. The average Bonchev–Trinajstić information content (AvgIpc) is 3.11. The van der Waals surface area contributed by atoms with Gasteiger partial charge in [-0.15, -0.1) is 0 Å². The molecule has 1 heterocycles. The van der Waals surface area contributed by atoms with Crippen LogP contribution in [0.2, 0.25) is 0 Å². The van der Waals surface area contributed by atoms with E-state index < -0.39 is 0 Å². The van der Waals surface area contributed by atoms with Crippen LogP contribution in [0.25, 0.3) is 11.3 Å². The maximum atomic E-state index is 12.2. The number of halogens is 1. The highest BCUT2D eigenvalue weighted by molar-refractivity contribution is 9.10. The van der Waals surface area contributed by atoms with Crippen molar-refractivity contribution >= 4 is 27.7 Å². The Morgan fingerprint density at radius 1 is 1.15 bits per heavy atom. The summed E-state index contributed by atoms with van der Waals surface area (Å²) in [5.41, 5.74) is 2.16. The molecule has 3 rings (SSSR count). The van der Waals surface area contributed by atoms with Gasteiger partial charge in [-0.05, 0) is 72.2 Å². The molecule has 0 atom stereocenters. The van der Waals surface area contributed by atoms with Gasteiger partial charge >= 0.3 is 0 Å². The van der Waals surface area contributed by atoms with E-state index in [0.29, 0.717) is 18.1 Å². The molecule has 0 aliphatic carbocycles. The predicted molar refractivity (Wildman–Crippen MR) is 104 cm³/mol. The number of benzene rings is 2. The Kier molecular flexibility index (Phi) is 6.08. The normalized spacial score (nSPS) is 10.5. The Labute approximate surface area is 164 Å². The van der Waals surface area contributed by atoms with Crippen LogP contribution >= 0.6 is 15.9 Å². The minimum Gasteiger partial charge on any atom is -0.494 e. The van der Waals surface area contributed by atoms with Crippen molar-refractivity contribution in [1.82, 2.24) is 10.3 Å². The molecular weight excluding hydrogens is 414 g/mol. The molecule has 0 saturated carbocycles. The van der Waals surface area contributed by atoms with E-state index in [1.54, 1.807) is 12.1 Å². The zero-order valence-corrected chi connectivity index (χ0v) is 16.4. The van der Waals surface area contributed by atoms with Crippen LogP contribution < -0.4 is 14.8 Å². The molecule has 3 aromatic rings. The molecule has 0 aliphatic rings. The van der Waals surface area contributed by atoms with Crippen LogP contribution in [0.4, 0.5) is 5.82 Å². The zero-order valence-electron chi connectivity index (χ0n) is 14.9. The van der Waals surface area contributed by atoms with Crippen LogP contribution in [0.1, 0.15) is 12.5 Å². The first kappa shape index (κ1) is 18.9. The van der Waals surface area contributed by atoms with Gasteiger partial charge in [-0.1, -0.05) is 15.9 Å². The SMILES string of the molecule is CCOc1ccc(-c2nonc2NC(=O)COc2ccc(Br)cc2)cc1C. The van der Waals surface area contributed by atoms with Crippen molar-refractivity contribution in [1.29, 1.82) is 0 Å². The second-order valence-corrected chi connectivity index (χ2v) is 6.58. The molecule has 140 valence electrons. The van der Waals surface area contributed by atoms with Crippen LogP contribution in [0.5, 0.6) is 11.5 Å². The average molecular weight is 432 g/mol. The van der Waals surface area contributed by atoms with Gasteiger partial charge in [0.05, 0.1) is 6.61 Å². The number of ether oxygens (including phenoxy) is 2. The highest BCUT2D eigenvalue weighted by atomic mass is 79.9. The number of rotatable bonds is 7. The zero-order chi connectivity index (χ0) is 19.2. The maximum absolute atomic E-state index is 12.2. The molecule has 0 radical (unpaired) electrons. The first-order valence-corrected chi connectivity index (χ1v) is 9.10. The summed E-state index contributed by atoms with van der Waals surface area (Å²) in [6.07, 6.45) is 0. The van der Waals surface area contributed by atoms with E-state index in [4.69, 9.17) is 14.1 Å². The van der Waals surface area contributed by atoms with E-state index in [1.165, 1.54) is 0 Å². The standard InChI is InChI=1S/C19H18BrN3O4/c1-3-25-16-9-4-13(10-12(16)2)18-19(23-27-22-18)21-17(24)11-26-15-7-5-14(20)6-8-15/h4-10H,3,11H2,1-2H3,(H,21,23,24). The van der Waals surface area contributed by atoms with E-state index >= 15 is 0 Å². The minimum absolute atomic E-state index is 0.157. The van der Waals surface area contributed by atoms with Gasteiger partial charge in [-0.2, -0.15) is 0 Å². The summed E-state index contributed by atoms with van der Waals surface area (Å²) in [5, 5.41) is 10.3. The fourth-order valence-electron chi connectivity index (χ4n) is 2.42. The second-order valence-electron chi connectivity index (χ2n) is 5.67. The van der Waals surface area contributed by atoms with Crippen LogP contribution in [0.15, 0.2) is 51.6 Å². The molecule has 0 spiro atoms.